The minimum atomic E-state index is -1.87. The van der Waals surface area contributed by atoms with Crippen molar-refractivity contribution in [2.45, 2.75) is 174 Å². The third-order valence-corrected chi connectivity index (χ3v) is 11.5. The molecule has 0 bridgehead atoms. The summed E-state index contributed by atoms with van der Waals surface area (Å²) in [5.41, 5.74) is 0. The van der Waals surface area contributed by atoms with Crippen LogP contribution in [0.2, 0.25) is 0 Å². The van der Waals surface area contributed by atoms with Gasteiger partial charge in [0.2, 0.25) is 0 Å². The van der Waals surface area contributed by atoms with E-state index in [9.17, 15) is 66.4 Å². The first-order valence-corrected chi connectivity index (χ1v) is 17.9. The predicted octanol–water partition coefficient (Wildman–Crippen LogP) is -6.73. The van der Waals surface area contributed by atoms with Gasteiger partial charge in [-0.3, -0.25) is 0 Å². The highest BCUT2D eigenvalue weighted by atomic mass is 16.8. The number of fused-ring (bicyclic) bond motifs is 1. The Labute approximate surface area is 298 Å². The normalized spacial score (nSPS) is 56.2. The summed E-state index contributed by atoms with van der Waals surface area (Å²) in [7, 11) is 0. The maximum Gasteiger partial charge on any atom is 0.187 e. The molecule has 0 spiro atoms. The molecule has 6 fully saturated rings. The van der Waals surface area contributed by atoms with E-state index in [0.717, 1.165) is 0 Å². The van der Waals surface area contributed by atoms with E-state index in [1.54, 1.807) is 0 Å². The number of hydrogen-bond donors (Lipinski definition) is 13. The Morgan fingerprint density at radius 1 is 0.538 bits per heavy atom. The summed E-state index contributed by atoms with van der Waals surface area (Å²) in [6.45, 7) is 0.418. The van der Waals surface area contributed by atoms with Gasteiger partial charge in [-0.2, -0.15) is 0 Å². The molecule has 13 N–H and O–H groups in total. The van der Waals surface area contributed by atoms with Gasteiger partial charge in [-0.25, -0.2) is 0 Å². The van der Waals surface area contributed by atoms with Crippen LogP contribution >= 0.6 is 0 Å². The second-order valence-corrected chi connectivity index (χ2v) is 15.2. The van der Waals surface area contributed by atoms with Crippen LogP contribution in [0.1, 0.15) is 39.0 Å². The standard InChI is InChI=1S/C32H54O20/c1-9-20(38)24(42)27(45)30(48-9)47-8-19-23(41)25(43)29(52-31-26(44)22(40)16(37)7-46-31)32(51-19)50-18-6-12-13(34)4-11(33)5-17(12)49-28(18)10-2-14(35)21(39)15(36)3-10/h9-45H,2-8H2,1H3. The highest BCUT2D eigenvalue weighted by Gasteiger charge is 2.55. The molecule has 0 aromatic rings. The van der Waals surface area contributed by atoms with Crippen LogP contribution < -0.4 is 0 Å². The van der Waals surface area contributed by atoms with E-state index in [4.69, 9.17) is 33.2 Å². The van der Waals surface area contributed by atoms with E-state index in [2.05, 4.69) is 0 Å². The SMILES string of the molecule is CC1OC(OCC2OC(OC3CC4C(O)CC(O)CC4OC3C3CC(O)C(O)C(O)C3)C(OC3OCC(O)C(O)C3O)C(O)C2O)C(O)C(O)C1O. The van der Waals surface area contributed by atoms with Gasteiger partial charge in [-0.05, 0) is 44.9 Å². The van der Waals surface area contributed by atoms with Crippen molar-refractivity contribution in [3.8, 4) is 0 Å². The summed E-state index contributed by atoms with van der Waals surface area (Å²) < 4.78 is 41.3. The van der Waals surface area contributed by atoms with Crippen molar-refractivity contribution < 1.29 is 99.5 Å². The van der Waals surface area contributed by atoms with Crippen LogP contribution in [0, 0.1) is 11.8 Å². The van der Waals surface area contributed by atoms with Gasteiger partial charge in [0.05, 0.1) is 62.0 Å². The molecule has 0 aromatic carbocycles. The van der Waals surface area contributed by atoms with Gasteiger partial charge in [-0.1, -0.05) is 0 Å². The Kier molecular flexibility index (Phi) is 13.2. The molecule has 4 aliphatic heterocycles. The van der Waals surface area contributed by atoms with Crippen LogP contribution in [0.15, 0.2) is 0 Å². The van der Waals surface area contributed by atoms with Crippen molar-refractivity contribution in [3.05, 3.63) is 0 Å². The molecule has 20 heteroatoms. The average molecular weight is 759 g/mol. The number of ether oxygens (including phenoxy) is 7. The molecule has 2 aliphatic carbocycles. The Hall–Kier alpha value is -0.800. The van der Waals surface area contributed by atoms with Gasteiger partial charge >= 0.3 is 0 Å². The molecule has 0 aromatic heterocycles. The summed E-state index contributed by atoms with van der Waals surface area (Å²) >= 11 is 0. The summed E-state index contributed by atoms with van der Waals surface area (Å²) in [5, 5.41) is 137. The zero-order valence-electron chi connectivity index (χ0n) is 28.5. The molecule has 4 saturated heterocycles. The average Bonchev–Trinajstić information content (AvgIpc) is 3.10. The maximum atomic E-state index is 11.4. The monoisotopic (exact) mass is 758 g/mol. The molecule has 20 nitrogen and oxygen atoms in total. The van der Waals surface area contributed by atoms with E-state index < -0.39 is 160 Å². The van der Waals surface area contributed by atoms with Crippen LogP contribution in [0.5, 0.6) is 0 Å². The minimum absolute atomic E-state index is 0.0144. The van der Waals surface area contributed by atoms with Crippen LogP contribution in [0.25, 0.3) is 0 Å². The topological polar surface area (TPSA) is 328 Å². The lowest BCUT2D eigenvalue weighted by molar-refractivity contribution is -0.376. The van der Waals surface area contributed by atoms with Crippen molar-refractivity contribution >= 4 is 0 Å². The second kappa shape index (κ2) is 16.7. The third kappa shape index (κ3) is 8.32. The van der Waals surface area contributed by atoms with Gasteiger partial charge in [-0.15, -0.1) is 0 Å². The number of aliphatic hydroxyl groups is 13. The lowest BCUT2D eigenvalue weighted by Crippen LogP contribution is -2.65. The summed E-state index contributed by atoms with van der Waals surface area (Å²) in [4.78, 5) is 0. The largest absolute Gasteiger partial charge is 0.393 e. The first-order valence-electron chi connectivity index (χ1n) is 17.9. The van der Waals surface area contributed by atoms with Crippen molar-refractivity contribution in [1.82, 2.24) is 0 Å². The maximum absolute atomic E-state index is 11.4. The number of rotatable bonds is 8. The van der Waals surface area contributed by atoms with E-state index in [-0.39, 0.29) is 32.1 Å². The minimum Gasteiger partial charge on any atom is -0.393 e. The van der Waals surface area contributed by atoms with Gasteiger partial charge in [0.25, 0.3) is 0 Å². The Morgan fingerprint density at radius 2 is 1.21 bits per heavy atom. The van der Waals surface area contributed by atoms with E-state index >= 15 is 0 Å². The van der Waals surface area contributed by atoms with Crippen molar-refractivity contribution in [2.24, 2.45) is 11.8 Å². The van der Waals surface area contributed by atoms with Crippen molar-refractivity contribution in [3.63, 3.8) is 0 Å². The summed E-state index contributed by atoms with van der Waals surface area (Å²) in [6, 6.07) is 0. The van der Waals surface area contributed by atoms with Crippen molar-refractivity contribution in [1.29, 1.82) is 0 Å². The molecule has 52 heavy (non-hydrogen) atoms. The fourth-order valence-corrected chi connectivity index (χ4v) is 8.33. The molecule has 6 rings (SSSR count). The quantitative estimate of drug-likeness (QED) is 0.109. The fourth-order valence-electron chi connectivity index (χ4n) is 8.33. The molecule has 22 unspecified atom stereocenters. The smallest absolute Gasteiger partial charge is 0.187 e. The Bertz CT molecular complexity index is 1140. The van der Waals surface area contributed by atoms with Gasteiger partial charge in [0.15, 0.2) is 18.9 Å². The predicted molar refractivity (Wildman–Crippen MR) is 165 cm³/mol. The fraction of sp³-hybridized carbons (Fsp3) is 1.00. The third-order valence-electron chi connectivity index (χ3n) is 11.5. The highest BCUT2D eigenvalue weighted by molar-refractivity contribution is 5.01. The zero-order chi connectivity index (χ0) is 37.8. The number of aliphatic hydroxyl groups excluding tert-OH is 13. The lowest BCUT2D eigenvalue weighted by Gasteiger charge is -2.52. The summed E-state index contributed by atoms with van der Waals surface area (Å²) in [5.74, 6) is -1.18. The molecular weight excluding hydrogens is 704 g/mol. The first kappa shape index (κ1) is 40.9. The molecule has 302 valence electrons. The van der Waals surface area contributed by atoms with Crippen LogP contribution in [-0.2, 0) is 33.2 Å². The number of hydrogen-bond acceptors (Lipinski definition) is 20. The second-order valence-electron chi connectivity index (χ2n) is 15.2. The Balaban J connectivity index is 1.26. The molecule has 2 saturated carbocycles. The van der Waals surface area contributed by atoms with E-state index in [1.165, 1.54) is 6.92 Å². The molecule has 22 atom stereocenters. The zero-order valence-corrected chi connectivity index (χ0v) is 28.5. The summed E-state index contributed by atoms with van der Waals surface area (Å²) in [6.07, 6.45) is -30.4. The first-order chi connectivity index (χ1) is 24.5. The van der Waals surface area contributed by atoms with Crippen molar-refractivity contribution in [2.75, 3.05) is 13.2 Å². The van der Waals surface area contributed by atoms with Gasteiger partial charge in [0, 0.05) is 5.92 Å². The van der Waals surface area contributed by atoms with Gasteiger partial charge < -0.3 is 99.5 Å². The molecular formula is C32H54O20. The van der Waals surface area contributed by atoms with Crippen LogP contribution in [0.3, 0.4) is 0 Å². The molecule has 0 radical (unpaired) electrons. The molecule has 0 amide bonds. The van der Waals surface area contributed by atoms with Crippen LogP contribution in [-0.4, -0.2) is 214 Å². The Morgan fingerprint density at radius 3 is 1.90 bits per heavy atom. The highest BCUT2D eigenvalue weighted by Crippen LogP contribution is 2.44. The van der Waals surface area contributed by atoms with E-state index in [1.807, 2.05) is 0 Å². The lowest BCUT2D eigenvalue weighted by atomic mass is 9.72. The molecule has 6 aliphatic rings. The van der Waals surface area contributed by atoms with Crippen LogP contribution in [0.4, 0.5) is 0 Å². The van der Waals surface area contributed by atoms with E-state index in [0.29, 0.717) is 0 Å². The van der Waals surface area contributed by atoms with Gasteiger partial charge in [0.1, 0.15) is 67.1 Å². The molecule has 4 heterocycles.